The summed E-state index contributed by atoms with van der Waals surface area (Å²) in [5.41, 5.74) is 4.82. The Balaban J connectivity index is 1.22. The third-order valence-electron chi connectivity index (χ3n) is 12.3. The first kappa shape index (κ1) is 36.3. The number of halogens is 1. The molecule has 3 aromatic rings. The van der Waals surface area contributed by atoms with Gasteiger partial charge in [0.1, 0.15) is 15.7 Å². The van der Waals surface area contributed by atoms with E-state index in [0.717, 1.165) is 48.6 Å². The van der Waals surface area contributed by atoms with Gasteiger partial charge in [-0.2, -0.15) is 0 Å². The molecule has 1 unspecified atom stereocenters. The zero-order chi connectivity index (χ0) is 36.9. The van der Waals surface area contributed by atoms with Crippen LogP contribution in [0.2, 0.25) is 5.02 Å². The molecule has 8 rings (SSSR count). The summed E-state index contributed by atoms with van der Waals surface area (Å²) >= 11 is 6.56. The van der Waals surface area contributed by atoms with Crippen molar-refractivity contribution in [2.45, 2.75) is 82.9 Å². The highest BCUT2D eigenvalue weighted by atomic mass is 35.5. The molecule has 2 aliphatic carbocycles. The minimum Gasteiger partial charge on any atom is -0.491 e. The minimum absolute atomic E-state index is 0.0753. The fourth-order valence-corrected chi connectivity index (χ4v) is 10.6. The Morgan fingerprint density at radius 2 is 1.94 bits per heavy atom. The smallest absolute Gasteiger partial charge is 0.286 e. The fraction of sp³-hybridized carbons (Fsp3) is 0.512. The lowest BCUT2D eigenvalue weighted by atomic mass is 9.70. The molecule has 2 bridgehead atoms. The maximum Gasteiger partial charge on any atom is 0.286 e. The Morgan fingerprint density at radius 1 is 1.08 bits per heavy atom. The second kappa shape index (κ2) is 14.9. The van der Waals surface area contributed by atoms with E-state index in [1.54, 1.807) is 32.4 Å². The van der Waals surface area contributed by atoms with E-state index in [4.69, 9.17) is 25.8 Å². The van der Waals surface area contributed by atoms with Crippen LogP contribution in [0.25, 0.3) is 0 Å². The highest BCUT2D eigenvalue weighted by molar-refractivity contribution is 7.93. The molecular weight excluding hydrogens is 712 g/mol. The number of anilines is 1. The quantitative estimate of drug-likeness (QED) is 0.275. The molecule has 0 spiro atoms. The summed E-state index contributed by atoms with van der Waals surface area (Å²) in [6, 6.07) is 13.4. The molecule has 1 aromatic heterocycles. The van der Waals surface area contributed by atoms with Gasteiger partial charge < -0.3 is 23.7 Å². The van der Waals surface area contributed by atoms with Crippen LogP contribution in [0.1, 0.15) is 89.4 Å². The Morgan fingerprint density at radius 3 is 2.74 bits per heavy atom. The van der Waals surface area contributed by atoms with Gasteiger partial charge in [-0.05, 0) is 116 Å². The molecule has 2 fully saturated rings. The average molecular weight is 761 g/mol. The fourth-order valence-electron chi connectivity index (χ4n) is 8.58. The zero-order valence-corrected chi connectivity index (χ0v) is 32.2. The van der Waals surface area contributed by atoms with Crippen LogP contribution in [0.5, 0.6) is 5.75 Å². The van der Waals surface area contributed by atoms with Crippen LogP contribution < -0.4 is 14.4 Å². The van der Waals surface area contributed by atoms with Gasteiger partial charge in [0.2, 0.25) is 0 Å². The molecule has 4 heterocycles. The molecule has 1 N–H and O–H groups in total. The average Bonchev–Trinajstić information content (AvgIpc) is 3.77. The second-order valence-corrected chi connectivity index (χ2v) is 18.3. The Hall–Kier alpha value is -3.64. The molecule has 2 saturated carbocycles. The molecule has 2 aromatic carbocycles. The van der Waals surface area contributed by atoms with Crippen molar-refractivity contribution in [2.75, 3.05) is 31.8 Å². The first-order valence-corrected chi connectivity index (χ1v) is 20.9. The number of nitrogens with one attached hydrogen (secondary N) is 1. The molecule has 282 valence electrons. The SMILES string of the molecule is CO[C@H]1/C=C/C[C@H](C)[C@@H](C)S(=O)(NC(=O)c2cc3n(c2)CCOC3)=NC(=O)c2ccc3c(c2)N(Cc2ccc(Cl)cc2[C@H]2C[C@H]2CCO3)C[C@@H]2CC[C@H]21. The lowest BCUT2D eigenvalue weighted by Gasteiger charge is -2.43. The molecule has 53 heavy (non-hydrogen) atoms. The Labute approximate surface area is 317 Å². The van der Waals surface area contributed by atoms with Gasteiger partial charge in [-0.15, -0.1) is 4.36 Å². The van der Waals surface area contributed by atoms with Crippen LogP contribution in [-0.4, -0.2) is 58.8 Å². The highest BCUT2D eigenvalue weighted by Gasteiger charge is 2.41. The van der Waals surface area contributed by atoms with E-state index in [2.05, 4.69) is 38.3 Å². The van der Waals surface area contributed by atoms with Crippen LogP contribution in [0.4, 0.5) is 5.69 Å². The predicted octanol–water partition coefficient (Wildman–Crippen LogP) is 7.54. The number of rotatable bonds is 3. The van der Waals surface area contributed by atoms with Crippen molar-refractivity contribution in [1.82, 2.24) is 9.29 Å². The normalized spacial score (nSPS) is 31.8. The summed E-state index contributed by atoms with van der Waals surface area (Å²) in [6.45, 7) is 7.29. The standard InChI is InChI=1S/C41H49ClN4O6S/c1-25-5-4-6-38(50-3)34-11-8-29(34)21-46-22-30-7-10-32(42)20-36(30)35-18-27(35)13-15-52-39-12-9-28(19-37(39)46)40(47)43-53(49,26(25)2)44-41(48)31-17-33-24-51-16-14-45(33)23-31/h4,6-7,9-10,12,17,19-20,23,25-27,29,34-35,38H,5,8,11,13-16,18,21-22,24H2,1-3H3,(H,43,44,47,48,49)/b6-4+/t25-,26+,27+,29-,34+,35-,38-,53?/m0/s1. The van der Waals surface area contributed by atoms with Gasteiger partial charge in [-0.3, -0.25) is 14.3 Å². The van der Waals surface area contributed by atoms with Gasteiger partial charge in [-0.1, -0.05) is 36.7 Å². The predicted molar refractivity (Wildman–Crippen MR) is 206 cm³/mol. The van der Waals surface area contributed by atoms with Gasteiger partial charge in [0.25, 0.3) is 11.8 Å². The summed E-state index contributed by atoms with van der Waals surface area (Å²) in [6.07, 6.45) is 10.7. The van der Waals surface area contributed by atoms with Crippen LogP contribution >= 0.6 is 11.6 Å². The third kappa shape index (κ3) is 7.42. The molecule has 8 atom stereocenters. The summed E-state index contributed by atoms with van der Waals surface area (Å²) in [7, 11) is -1.85. The molecule has 0 radical (unpaired) electrons. The number of amides is 2. The van der Waals surface area contributed by atoms with Crippen LogP contribution in [-0.2, 0) is 39.1 Å². The van der Waals surface area contributed by atoms with Gasteiger partial charge in [0, 0.05) is 49.2 Å². The van der Waals surface area contributed by atoms with Crippen molar-refractivity contribution in [3.05, 3.63) is 93.8 Å². The van der Waals surface area contributed by atoms with Crippen molar-refractivity contribution < 1.29 is 28.0 Å². The van der Waals surface area contributed by atoms with Gasteiger partial charge in [0.15, 0.2) is 0 Å². The van der Waals surface area contributed by atoms with E-state index in [-0.39, 0.29) is 17.6 Å². The van der Waals surface area contributed by atoms with Crippen molar-refractivity contribution >= 4 is 39.0 Å². The Kier molecular flexibility index (Phi) is 10.2. The summed E-state index contributed by atoms with van der Waals surface area (Å²) in [5.74, 6) is 1.02. The number of carbonyl (C=O) groups excluding carboxylic acids is 2. The largest absolute Gasteiger partial charge is 0.491 e. The molecule has 2 amide bonds. The first-order chi connectivity index (χ1) is 25.6. The number of methoxy groups -OCH3 is 1. The number of nitrogens with zero attached hydrogens (tertiary/aromatic N) is 3. The Bertz CT molecular complexity index is 2030. The number of fused-ring (bicyclic) bond motifs is 6. The van der Waals surface area contributed by atoms with E-state index in [9.17, 15) is 13.8 Å². The van der Waals surface area contributed by atoms with E-state index < -0.39 is 27.0 Å². The number of hydrogen-bond donors (Lipinski definition) is 1. The van der Waals surface area contributed by atoms with Crippen LogP contribution in [0.15, 0.2) is 65.2 Å². The lowest BCUT2D eigenvalue weighted by molar-refractivity contribution is 0.0133. The topological polar surface area (TPSA) is 111 Å². The van der Waals surface area contributed by atoms with Crippen LogP contribution in [0.3, 0.4) is 0 Å². The van der Waals surface area contributed by atoms with Crippen molar-refractivity contribution in [1.29, 1.82) is 0 Å². The number of ether oxygens (including phenoxy) is 3. The van der Waals surface area contributed by atoms with Crippen molar-refractivity contribution in [3.63, 3.8) is 0 Å². The summed E-state index contributed by atoms with van der Waals surface area (Å²) in [4.78, 5) is 30.3. The maximum absolute atomic E-state index is 15.0. The molecule has 3 aliphatic heterocycles. The molecule has 12 heteroatoms. The zero-order valence-electron chi connectivity index (χ0n) is 30.7. The minimum atomic E-state index is -3.62. The number of allylic oxidation sites excluding steroid dienone is 1. The second-order valence-electron chi connectivity index (χ2n) is 15.6. The number of benzene rings is 2. The van der Waals surface area contributed by atoms with E-state index in [1.807, 2.05) is 29.7 Å². The summed E-state index contributed by atoms with van der Waals surface area (Å²) < 4.78 is 42.3. The van der Waals surface area contributed by atoms with Crippen molar-refractivity contribution in [2.24, 2.45) is 28.0 Å². The monoisotopic (exact) mass is 760 g/mol. The van der Waals surface area contributed by atoms with Crippen LogP contribution in [0, 0.1) is 23.7 Å². The summed E-state index contributed by atoms with van der Waals surface area (Å²) in [5, 5.41) is 0.0862. The lowest BCUT2D eigenvalue weighted by Crippen LogP contribution is -2.43. The number of carbonyl (C=O) groups is 2. The number of aromatic nitrogens is 1. The third-order valence-corrected chi connectivity index (χ3v) is 14.9. The number of hydrogen-bond acceptors (Lipinski definition) is 7. The van der Waals surface area contributed by atoms with E-state index in [1.165, 1.54) is 11.1 Å². The highest BCUT2D eigenvalue weighted by Crippen LogP contribution is 2.52. The van der Waals surface area contributed by atoms with E-state index in [0.29, 0.717) is 74.3 Å². The molecule has 0 saturated heterocycles. The maximum atomic E-state index is 15.0. The van der Waals surface area contributed by atoms with E-state index >= 15 is 0 Å². The van der Waals surface area contributed by atoms with Gasteiger partial charge in [0.05, 0.1) is 42.4 Å². The van der Waals surface area contributed by atoms with Gasteiger partial charge >= 0.3 is 0 Å². The first-order valence-electron chi connectivity index (χ1n) is 19.0. The molecule has 10 nitrogen and oxygen atoms in total. The van der Waals surface area contributed by atoms with Gasteiger partial charge in [-0.25, -0.2) is 4.21 Å². The molecule has 5 aliphatic rings. The molecular formula is C41H49ClN4O6S. The van der Waals surface area contributed by atoms with Crippen molar-refractivity contribution in [3.8, 4) is 5.75 Å².